The standard InChI is InChI=1S/C24H19F2NO4/c25-19-10-5-11-20(26)23(19)21(12-22(28)29)27-24(30)31-13-18-16-8-3-1-6-14(16)15-7-2-4-9-17(15)18/h1-11,18,21H,12-13H2,(H,27,30)(H,28,29)/t21-/m0/s1. The predicted octanol–water partition coefficient (Wildman–Crippen LogP) is 5.02. The van der Waals surface area contributed by atoms with Crippen LogP contribution in [0.1, 0.15) is 35.1 Å². The molecule has 1 atom stereocenters. The van der Waals surface area contributed by atoms with E-state index >= 15 is 0 Å². The van der Waals surface area contributed by atoms with Gasteiger partial charge in [0.05, 0.1) is 12.5 Å². The zero-order valence-electron chi connectivity index (χ0n) is 16.3. The van der Waals surface area contributed by atoms with Gasteiger partial charge >= 0.3 is 12.1 Å². The summed E-state index contributed by atoms with van der Waals surface area (Å²) in [5, 5.41) is 11.4. The molecule has 1 amide bonds. The van der Waals surface area contributed by atoms with E-state index < -0.39 is 41.7 Å². The van der Waals surface area contributed by atoms with Crippen molar-refractivity contribution in [3.63, 3.8) is 0 Å². The number of alkyl carbamates (subject to hydrolysis) is 1. The summed E-state index contributed by atoms with van der Waals surface area (Å²) in [4.78, 5) is 23.6. The topological polar surface area (TPSA) is 75.6 Å². The zero-order valence-corrected chi connectivity index (χ0v) is 16.3. The average Bonchev–Trinajstić information content (AvgIpc) is 3.05. The highest BCUT2D eigenvalue weighted by Gasteiger charge is 2.30. The summed E-state index contributed by atoms with van der Waals surface area (Å²) in [5.74, 6) is -3.39. The van der Waals surface area contributed by atoms with Gasteiger partial charge in [-0.2, -0.15) is 0 Å². The number of benzene rings is 3. The van der Waals surface area contributed by atoms with Crippen LogP contribution in [-0.2, 0) is 9.53 Å². The monoisotopic (exact) mass is 423 g/mol. The number of amides is 1. The molecule has 3 aromatic carbocycles. The van der Waals surface area contributed by atoms with Gasteiger partial charge in [-0.05, 0) is 34.4 Å². The van der Waals surface area contributed by atoms with E-state index in [-0.39, 0.29) is 12.5 Å². The van der Waals surface area contributed by atoms with Crippen LogP contribution in [-0.4, -0.2) is 23.8 Å². The summed E-state index contributed by atoms with van der Waals surface area (Å²) < 4.78 is 33.6. The maximum Gasteiger partial charge on any atom is 0.407 e. The Kier molecular flexibility index (Phi) is 5.66. The van der Waals surface area contributed by atoms with Gasteiger partial charge in [0, 0.05) is 11.5 Å². The second-order valence-electron chi connectivity index (χ2n) is 7.26. The zero-order chi connectivity index (χ0) is 22.0. The first-order chi connectivity index (χ1) is 15.0. The molecule has 0 aliphatic heterocycles. The predicted molar refractivity (Wildman–Crippen MR) is 110 cm³/mol. The lowest BCUT2D eigenvalue weighted by Gasteiger charge is -2.20. The smallest absolute Gasteiger partial charge is 0.407 e. The van der Waals surface area contributed by atoms with Crippen molar-refractivity contribution < 1.29 is 28.2 Å². The SMILES string of the molecule is O=C(O)C[C@H](NC(=O)OCC1c2ccccc2-c2ccccc21)c1c(F)cccc1F. The maximum atomic E-state index is 14.1. The van der Waals surface area contributed by atoms with Gasteiger partial charge in [0.1, 0.15) is 18.2 Å². The maximum absolute atomic E-state index is 14.1. The molecule has 4 rings (SSSR count). The quantitative estimate of drug-likeness (QED) is 0.584. The van der Waals surface area contributed by atoms with Crippen molar-refractivity contribution in [1.82, 2.24) is 5.32 Å². The molecule has 2 N–H and O–H groups in total. The lowest BCUT2D eigenvalue weighted by atomic mass is 9.98. The van der Waals surface area contributed by atoms with E-state index in [1.54, 1.807) is 0 Å². The number of fused-ring (bicyclic) bond motifs is 3. The molecule has 31 heavy (non-hydrogen) atoms. The van der Waals surface area contributed by atoms with Crippen LogP contribution >= 0.6 is 0 Å². The molecule has 1 aliphatic carbocycles. The number of carbonyl (C=O) groups is 2. The Morgan fingerprint density at radius 3 is 2.00 bits per heavy atom. The van der Waals surface area contributed by atoms with Crippen LogP contribution < -0.4 is 5.32 Å². The molecule has 0 bridgehead atoms. The summed E-state index contributed by atoms with van der Waals surface area (Å²) in [5.41, 5.74) is 3.63. The summed E-state index contributed by atoms with van der Waals surface area (Å²) in [6.45, 7) is -0.000590. The molecule has 0 spiro atoms. The van der Waals surface area contributed by atoms with E-state index in [9.17, 15) is 18.4 Å². The lowest BCUT2D eigenvalue weighted by molar-refractivity contribution is -0.137. The van der Waals surface area contributed by atoms with Gasteiger partial charge in [0.25, 0.3) is 0 Å². The minimum atomic E-state index is -1.41. The molecular weight excluding hydrogens is 404 g/mol. The Morgan fingerprint density at radius 1 is 0.903 bits per heavy atom. The Balaban J connectivity index is 1.51. The van der Waals surface area contributed by atoms with Crippen LogP contribution in [0.5, 0.6) is 0 Å². The van der Waals surface area contributed by atoms with Gasteiger partial charge in [-0.3, -0.25) is 4.79 Å². The van der Waals surface area contributed by atoms with Crippen LogP contribution in [0.15, 0.2) is 66.7 Å². The number of carboxylic acid groups (broad SMARTS) is 1. The fourth-order valence-corrected chi connectivity index (χ4v) is 4.03. The number of hydrogen-bond acceptors (Lipinski definition) is 3. The third-order valence-electron chi connectivity index (χ3n) is 5.36. The number of carboxylic acids is 1. The van der Waals surface area contributed by atoms with Crippen molar-refractivity contribution in [2.75, 3.05) is 6.61 Å². The number of rotatable bonds is 6. The van der Waals surface area contributed by atoms with Gasteiger partial charge in [0.2, 0.25) is 0 Å². The lowest BCUT2D eigenvalue weighted by Crippen LogP contribution is -2.32. The second kappa shape index (κ2) is 8.55. The first kappa shape index (κ1) is 20.5. The first-order valence-electron chi connectivity index (χ1n) is 9.73. The van der Waals surface area contributed by atoms with Gasteiger partial charge in [-0.15, -0.1) is 0 Å². The highest BCUT2D eigenvalue weighted by Crippen LogP contribution is 2.44. The highest BCUT2D eigenvalue weighted by atomic mass is 19.1. The summed E-state index contributed by atoms with van der Waals surface area (Å²) in [6.07, 6.45) is -1.64. The third-order valence-corrected chi connectivity index (χ3v) is 5.36. The van der Waals surface area contributed by atoms with E-state index in [1.165, 1.54) is 6.07 Å². The van der Waals surface area contributed by atoms with Crippen LogP contribution in [0.25, 0.3) is 11.1 Å². The second-order valence-corrected chi connectivity index (χ2v) is 7.26. The normalized spacial score (nSPS) is 13.2. The average molecular weight is 423 g/mol. The Morgan fingerprint density at radius 2 is 1.45 bits per heavy atom. The molecule has 1 aliphatic rings. The molecular formula is C24H19F2NO4. The molecule has 0 saturated heterocycles. The van der Waals surface area contributed by atoms with E-state index in [0.717, 1.165) is 34.4 Å². The Hall–Kier alpha value is -3.74. The van der Waals surface area contributed by atoms with Crippen molar-refractivity contribution in [3.05, 3.63) is 95.1 Å². The molecule has 0 saturated carbocycles. The number of aliphatic carboxylic acids is 1. The fraction of sp³-hybridized carbons (Fsp3) is 0.167. The molecule has 7 heteroatoms. The third kappa shape index (κ3) is 4.12. The van der Waals surface area contributed by atoms with E-state index in [1.807, 2.05) is 48.5 Å². The summed E-state index contributed by atoms with van der Waals surface area (Å²) in [6, 6.07) is 17.4. The molecule has 0 heterocycles. The van der Waals surface area contributed by atoms with Gasteiger partial charge in [-0.1, -0.05) is 54.6 Å². The fourth-order valence-electron chi connectivity index (χ4n) is 4.03. The van der Waals surface area contributed by atoms with Crippen LogP contribution in [0, 0.1) is 11.6 Å². The van der Waals surface area contributed by atoms with Crippen molar-refractivity contribution in [3.8, 4) is 11.1 Å². The van der Waals surface area contributed by atoms with E-state index in [2.05, 4.69) is 5.32 Å². The number of ether oxygens (including phenoxy) is 1. The molecule has 0 radical (unpaired) electrons. The van der Waals surface area contributed by atoms with Crippen molar-refractivity contribution in [1.29, 1.82) is 0 Å². The summed E-state index contributed by atoms with van der Waals surface area (Å²) >= 11 is 0. The minimum absolute atomic E-state index is 0.000590. The minimum Gasteiger partial charge on any atom is -0.481 e. The van der Waals surface area contributed by atoms with Crippen molar-refractivity contribution >= 4 is 12.1 Å². The van der Waals surface area contributed by atoms with Crippen LogP contribution in [0.4, 0.5) is 13.6 Å². The Labute approximate surface area is 177 Å². The molecule has 0 aromatic heterocycles. The number of halogens is 2. The largest absolute Gasteiger partial charge is 0.481 e. The van der Waals surface area contributed by atoms with Gasteiger partial charge in [0.15, 0.2) is 0 Å². The van der Waals surface area contributed by atoms with Crippen molar-refractivity contribution in [2.24, 2.45) is 0 Å². The van der Waals surface area contributed by atoms with Gasteiger partial charge < -0.3 is 15.2 Å². The number of carbonyl (C=O) groups excluding carboxylic acids is 1. The van der Waals surface area contributed by atoms with E-state index in [4.69, 9.17) is 9.84 Å². The molecule has 158 valence electrons. The molecule has 3 aromatic rings. The van der Waals surface area contributed by atoms with Gasteiger partial charge in [-0.25, -0.2) is 13.6 Å². The molecule has 0 unspecified atom stereocenters. The summed E-state index contributed by atoms with van der Waals surface area (Å²) in [7, 11) is 0. The van der Waals surface area contributed by atoms with Crippen LogP contribution in [0.3, 0.4) is 0 Å². The first-order valence-corrected chi connectivity index (χ1v) is 9.73. The number of hydrogen-bond donors (Lipinski definition) is 2. The van der Waals surface area contributed by atoms with E-state index in [0.29, 0.717) is 0 Å². The number of nitrogens with one attached hydrogen (secondary N) is 1. The van der Waals surface area contributed by atoms with Crippen molar-refractivity contribution in [2.45, 2.75) is 18.4 Å². The molecule has 0 fully saturated rings. The molecule has 5 nitrogen and oxygen atoms in total. The highest BCUT2D eigenvalue weighted by molar-refractivity contribution is 5.79. The van der Waals surface area contributed by atoms with Crippen LogP contribution in [0.2, 0.25) is 0 Å². The Bertz CT molecular complexity index is 1080.